The Bertz CT molecular complexity index is 1210. The number of nitrogens with two attached hydrogens (primary N) is 2. The highest BCUT2D eigenvalue weighted by Gasteiger charge is 2.28. The van der Waals surface area contributed by atoms with E-state index >= 15 is 0 Å². The van der Waals surface area contributed by atoms with E-state index in [2.05, 4.69) is 24.5 Å². The number of hydrogen-bond acceptors (Lipinski definition) is 7. The summed E-state index contributed by atoms with van der Waals surface area (Å²) in [6, 6.07) is 15.7. The van der Waals surface area contributed by atoms with Crippen molar-refractivity contribution in [3.05, 3.63) is 65.2 Å². The normalized spacial score (nSPS) is 14.7. The van der Waals surface area contributed by atoms with Crippen LogP contribution in [-0.4, -0.2) is 48.3 Å². The van der Waals surface area contributed by atoms with Gasteiger partial charge in [0, 0.05) is 56.1 Å². The highest BCUT2D eigenvalue weighted by Crippen LogP contribution is 2.37. The number of carbonyl (C=O) groups excluding carboxylic acids is 3. The number of amides is 2. The van der Waals surface area contributed by atoms with E-state index in [4.69, 9.17) is 11.6 Å². The van der Waals surface area contributed by atoms with Gasteiger partial charge < -0.3 is 31.1 Å². The third kappa shape index (κ3) is 8.66. The molecule has 0 atom stereocenters. The number of Topliss-reactive ketones (excluding diaryl/α,β-unsaturated/α-hetero) is 1. The van der Waals surface area contributed by atoms with E-state index < -0.39 is 0 Å². The van der Waals surface area contributed by atoms with Gasteiger partial charge in [-0.15, -0.1) is 0 Å². The molecule has 0 fully saturated rings. The van der Waals surface area contributed by atoms with Gasteiger partial charge in [0.25, 0.3) is 0 Å². The Labute approximate surface area is 237 Å². The standard InChI is InChI=1S/C31H44N6O3/c1-22(2)34-18-19-35-28(39)16-17-29(40)36-21-24-12-6-7-13-25(24)30(32)31(26-14-8-9-15-27(26)36)37(33)20-10-4-5-11-23(3)38/h6-9,12-15,22,34H,4-5,10-11,16-21,32-33H2,1-3H3,(H,35,39)/b31-30-. The second kappa shape index (κ2) is 15.2. The van der Waals surface area contributed by atoms with Crippen LogP contribution in [-0.2, 0) is 20.9 Å². The van der Waals surface area contributed by atoms with Crippen molar-refractivity contribution in [2.24, 2.45) is 11.6 Å². The number of ketones is 1. The Hall–Kier alpha value is -3.69. The summed E-state index contributed by atoms with van der Waals surface area (Å²) in [6.07, 6.45) is 3.25. The zero-order chi connectivity index (χ0) is 29.1. The minimum Gasteiger partial charge on any atom is -0.396 e. The van der Waals surface area contributed by atoms with Gasteiger partial charge in [-0.3, -0.25) is 9.59 Å². The number of para-hydroxylation sites is 1. The summed E-state index contributed by atoms with van der Waals surface area (Å²) in [7, 11) is 0. The molecule has 6 N–H and O–H groups in total. The summed E-state index contributed by atoms with van der Waals surface area (Å²) >= 11 is 0. The smallest absolute Gasteiger partial charge is 0.227 e. The van der Waals surface area contributed by atoms with Crippen molar-refractivity contribution in [2.45, 2.75) is 71.9 Å². The molecule has 0 radical (unpaired) electrons. The van der Waals surface area contributed by atoms with Crippen LogP contribution in [0.1, 0.15) is 76.0 Å². The average Bonchev–Trinajstić information content (AvgIpc) is 2.92. The second-order valence-electron chi connectivity index (χ2n) is 10.6. The van der Waals surface area contributed by atoms with Crippen LogP contribution in [0.15, 0.2) is 48.5 Å². The maximum absolute atomic E-state index is 13.6. The first kappa shape index (κ1) is 30.8. The maximum Gasteiger partial charge on any atom is 0.227 e. The van der Waals surface area contributed by atoms with E-state index in [-0.39, 0.29) is 30.4 Å². The molecular weight excluding hydrogens is 504 g/mol. The highest BCUT2D eigenvalue weighted by molar-refractivity contribution is 6.01. The monoisotopic (exact) mass is 548 g/mol. The summed E-state index contributed by atoms with van der Waals surface area (Å²) in [5, 5.41) is 7.79. The lowest BCUT2D eigenvalue weighted by Gasteiger charge is -2.33. The van der Waals surface area contributed by atoms with Crippen molar-refractivity contribution < 1.29 is 14.4 Å². The quantitative estimate of drug-likeness (QED) is 0.161. The molecule has 2 aromatic rings. The minimum atomic E-state index is -0.151. The second-order valence-corrected chi connectivity index (χ2v) is 10.6. The Kier molecular flexibility index (Phi) is 11.7. The molecule has 1 aliphatic rings. The lowest BCUT2D eigenvalue weighted by atomic mass is 9.95. The molecule has 9 nitrogen and oxygen atoms in total. The topological polar surface area (TPSA) is 134 Å². The van der Waals surface area contributed by atoms with Gasteiger partial charge in [0.05, 0.1) is 23.6 Å². The summed E-state index contributed by atoms with van der Waals surface area (Å²) in [6.45, 7) is 7.77. The minimum absolute atomic E-state index is 0.0803. The molecule has 0 unspecified atom stereocenters. The largest absolute Gasteiger partial charge is 0.396 e. The number of carbonyl (C=O) groups is 3. The van der Waals surface area contributed by atoms with Crippen molar-refractivity contribution in [2.75, 3.05) is 24.5 Å². The van der Waals surface area contributed by atoms with Gasteiger partial charge >= 0.3 is 0 Å². The number of benzene rings is 2. The lowest BCUT2D eigenvalue weighted by molar-refractivity contribution is -0.125. The molecule has 1 aliphatic heterocycles. The Morgan fingerprint density at radius 1 is 0.925 bits per heavy atom. The number of hydrazine groups is 1. The van der Waals surface area contributed by atoms with E-state index in [1.807, 2.05) is 48.5 Å². The molecule has 0 saturated heterocycles. The van der Waals surface area contributed by atoms with E-state index in [1.54, 1.807) is 16.8 Å². The fraction of sp³-hybridized carbons (Fsp3) is 0.452. The molecule has 0 spiro atoms. The summed E-state index contributed by atoms with van der Waals surface area (Å²) < 4.78 is 0. The number of fused-ring (bicyclic) bond motifs is 2. The van der Waals surface area contributed by atoms with E-state index in [9.17, 15) is 14.4 Å². The van der Waals surface area contributed by atoms with Crippen LogP contribution in [0.2, 0.25) is 0 Å². The van der Waals surface area contributed by atoms with Crippen LogP contribution in [0.5, 0.6) is 0 Å². The van der Waals surface area contributed by atoms with Crippen LogP contribution in [0.25, 0.3) is 11.4 Å². The van der Waals surface area contributed by atoms with Crippen molar-refractivity contribution in [1.29, 1.82) is 0 Å². The van der Waals surface area contributed by atoms with E-state index in [0.717, 1.165) is 36.0 Å². The zero-order valence-electron chi connectivity index (χ0n) is 24.0. The Morgan fingerprint density at radius 3 is 2.35 bits per heavy atom. The van der Waals surface area contributed by atoms with Crippen molar-refractivity contribution in [1.82, 2.24) is 15.6 Å². The Balaban J connectivity index is 1.84. The van der Waals surface area contributed by atoms with Gasteiger partial charge in [-0.25, -0.2) is 5.84 Å². The highest BCUT2D eigenvalue weighted by atomic mass is 16.2. The van der Waals surface area contributed by atoms with Crippen LogP contribution < -0.4 is 27.1 Å². The first-order valence-corrected chi connectivity index (χ1v) is 14.2. The number of hydrogen-bond donors (Lipinski definition) is 4. The molecule has 0 aliphatic carbocycles. The van der Waals surface area contributed by atoms with Crippen LogP contribution in [0, 0.1) is 0 Å². The van der Waals surface area contributed by atoms with Gasteiger partial charge in [-0.2, -0.15) is 0 Å². The molecule has 9 heteroatoms. The molecule has 2 amide bonds. The molecule has 0 bridgehead atoms. The molecule has 0 aromatic heterocycles. The number of nitrogens with zero attached hydrogens (tertiary/aromatic N) is 2. The molecular formula is C31H44N6O3. The van der Waals surface area contributed by atoms with E-state index in [0.29, 0.717) is 55.7 Å². The van der Waals surface area contributed by atoms with Gasteiger partial charge in [0.15, 0.2) is 0 Å². The summed E-state index contributed by atoms with van der Waals surface area (Å²) in [4.78, 5) is 39.1. The van der Waals surface area contributed by atoms with E-state index in [1.165, 1.54) is 0 Å². The number of anilines is 1. The number of rotatable bonds is 14. The summed E-state index contributed by atoms with van der Waals surface area (Å²) in [5.41, 5.74) is 11.2. The third-order valence-corrected chi connectivity index (χ3v) is 6.92. The molecule has 1 heterocycles. The van der Waals surface area contributed by atoms with Crippen LogP contribution in [0.4, 0.5) is 5.69 Å². The van der Waals surface area contributed by atoms with Gasteiger partial charge in [0.1, 0.15) is 5.78 Å². The predicted octanol–water partition coefficient (Wildman–Crippen LogP) is 3.54. The average molecular weight is 549 g/mol. The number of unbranched alkanes of at least 4 members (excludes halogenated alkanes) is 2. The van der Waals surface area contributed by atoms with Gasteiger partial charge in [0.2, 0.25) is 11.8 Å². The van der Waals surface area contributed by atoms with Gasteiger partial charge in [-0.05, 0) is 31.4 Å². The maximum atomic E-state index is 13.6. The molecule has 216 valence electrons. The predicted molar refractivity (Wildman–Crippen MR) is 161 cm³/mol. The van der Waals surface area contributed by atoms with Gasteiger partial charge in [-0.1, -0.05) is 62.7 Å². The van der Waals surface area contributed by atoms with Crippen molar-refractivity contribution in [3.63, 3.8) is 0 Å². The fourth-order valence-corrected chi connectivity index (χ4v) is 4.84. The molecule has 40 heavy (non-hydrogen) atoms. The number of nitrogens with one attached hydrogen (secondary N) is 2. The molecule has 3 rings (SSSR count). The first-order chi connectivity index (χ1) is 19.2. The van der Waals surface area contributed by atoms with Crippen LogP contribution >= 0.6 is 0 Å². The van der Waals surface area contributed by atoms with Crippen molar-refractivity contribution in [3.8, 4) is 0 Å². The first-order valence-electron chi connectivity index (χ1n) is 14.2. The third-order valence-electron chi connectivity index (χ3n) is 6.92. The van der Waals surface area contributed by atoms with Crippen molar-refractivity contribution >= 4 is 34.7 Å². The lowest BCUT2D eigenvalue weighted by Crippen LogP contribution is -2.38. The SMILES string of the molecule is CC(=O)CCCCCN(N)/C1=C(\N)c2ccccc2CN(C(=O)CCC(=O)NCCNC(C)C)c2ccccc21. The molecule has 0 saturated carbocycles. The fourth-order valence-electron chi connectivity index (χ4n) is 4.84. The summed E-state index contributed by atoms with van der Waals surface area (Å²) in [5.74, 6) is 6.53. The zero-order valence-corrected chi connectivity index (χ0v) is 24.0. The van der Waals surface area contributed by atoms with Crippen LogP contribution in [0.3, 0.4) is 0 Å². The molecule has 2 aromatic carbocycles. The Morgan fingerprint density at radius 2 is 1.62 bits per heavy atom.